The van der Waals surface area contributed by atoms with Crippen LogP contribution >= 0.6 is 11.6 Å². The Balaban J connectivity index is 1.87. The standard InChI is InChI=1S/C15H17ClN4O/c16-15-17-9-10-8-12(14(21)19-6-3-7-19)20(13(10)18-15)11-4-1-2-5-11/h8-9,11H,1-7H2. The Bertz CT molecular complexity index is 701. The SMILES string of the molecule is O=C(c1cc2cnc(Cl)nc2n1C1CCCC1)N1CCC1. The van der Waals surface area contributed by atoms with E-state index in [4.69, 9.17) is 11.6 Å². The van der Waals surface area contributed by atoms with Crippen molar-refractivity contribution < 1.29 is 4.79 Å². The van der Waals surface area contributed by atoms with Crippen LogP contribution in [0.15, 0.2) is 12.3 Å². The molecule has 2 aromatic heterocycles. The highest BCUT2D eigenvalue weighted by Crippen LogP contribution is 2.35. The van der Waals surface area contributed by atoms with Gasteiger partial charge in [0.05, 0.1) is 0 Å². The summed E-state index contributed by atoms with van der Waals surface area (Å²) in [5, 5.41) is 1.14. The first-order chi connectivity index (χ1) is 10.2. The first-order valence-electron chi connectivity index (χ1n) is 7.57. The van der Waals surface area contributed by atoms with Gasteiger partial charge in [0.25, 0.3) is 5.91 Å². The third-order valence-electron chi connectivity index (χ3n) is 4.60. The van der Waals surface area contributed by atoms with Crippen LogP contribution in [-0.4, -0.2) is 38.4 Å². The van der Waals surface area contributed by atoms with E-state index in [2.05, 4.69) is 14.5 Å². The van der Waals surface area contributed by atoms with Crippen LogP contribution in [0.5, 0.6) is 0 Å². The quantitative estimate of drug-likeness (QED) is 0.801. The van der Waals surface area contributed by atoms with Crippen molar-refractivity contribution in [3.8, 4) is 0 Å². The van der Waals surface area contributed by atoms with Crippen LogP contribution in [0.3, 0.4) is 0 Å². The van der Waals surface area contributed by atoms with Crippen LogP contribution in [0.4, 0.5) is 0 Å². The molecule has 2 aromatic rings. The zero-order chi connectivity index (χ0) is 14.4. The first kappa shape index (κ1) is 13.1. The highest BCUT2D eigenvalue weighted by molar-refractivity contribution is 6.28. The molecule has 6 heteroatoms. The van der Waals surface area contributed by atoms with Gasteiger partial charge in [-0.1, -0.05) is 12.8 Å². The molecular formula is C15H17ClN4O. The minimum Gasteiger partial charge on any atom is -0.337 e. The summed E-state index contributed by atoms with van der Waals surface area (Å²) >= 11 is 5.96. The van der Waals surface area contributed by atoms with Crippen molar-refractivity contribution in [3.63, 3.8) is 0 Å². The van der Waals surface area contributed by atoms with Crippen molar-refractivity contribution >= 4 is 28.5 Å². The average molecular weight is 305 g/mol. The summed E-state index contributed by atoms with van der Waals surface area (Å²) in [4.78, 5) is 23.0. The fourth-order valence-corrected chi connectivity index (χ4v) is 3.49. The lowest BCUT2D eigenvalue weighted by Crippen LogP contribution is -2.43. The molecule has 0 bridgehead atoms. The Kier molecular flexibility index (Phi) is 3.10. The average Bonchev–Trinajstić information content (AvgIpc) is 3.01. The fraction of sp³-hybridized carbons (Fsp3) is 0.533. The summed E-state index contributed by atoms with van der Waals surface area (Å²) in [5.41, 5.74) is 1.54. The van der Waals surface area contributed by atoms with Gasteiger partial charge in [-0.3, -0.25) is 4.79 Å². The van der Waals surface area contributed by atoms with E-state index < -0.39 is 0 Å². The normalized spacial score (nSPS) is 19.2. The molecule has 110 valence electrons. The largest absolute Gasteiger partial charge is 0.337 e. The number of rotatable bonds is 2. The molecule has 0 aromatic carbocycles. The van der Waals surface area contributed by atoms with Crippen LogP contribution in [0.2, 0.25) is 5.28 Å². The summed E-state index contributed by atoms with van der Waals surface area (Å²) in [6.45, 7) is 1.72. The Morgan fingerprint density at radius 3 is 2.67 bits per heavy atom. The smallest absolute Gasteiger partial charge is 0.270 e. The Hall–Kier alpha value is -1.62. The van der Waals surface area contributed by atoms with Crippen molar-refractivity contribution in [2.45, 2.75) is 38.1 Å². The fourth-order valence-electron chi connectivity index (χ4n) is 3.37. The van der Waals surface area contributed by atoms with E-state index in [1.54, 1.807) is 6.20 Å². The van der Waals surface area contributed by atoms with Crippen molar-refractivity contribution in [2.24, 2.45) is 0 Å². The molecule has 2 fully saturated rings. The third kappa shape index (κ3) is 2.11. The van der Waals surface area contributed by atoms with E-state index in [0.717, 1.165) is 49.1 Å². The lowest BCUT2D eigenvalue weighted by atomic mass is 10.2. The van der Waals surface area contributed by atoms with E-state index in [0.29, 0.717) is 6.04 Å². The molecule has 21 heavy (non-hydrogen) atoms. The molecule has 1 saturated carbocycles. The number of carbonyl (C=O) groups is 1. The van der Waals surface area contributed by atoms with Crippen molar-refractivity contribution in [3.05, 3.63) is 23.2 Å². The molecule has 1 aliphatic heterocycles. The minimum atomic E-state index is 0.113. The number of hydrogen-bond acceptors (Lipinski definition) is 3. The minimum absolute atomic E-state index is 0.113. The molecule has 0 spiro atoms. The van der Waals surface area contributed by atoms with Crippen molar-refractivity contribution in [1.82, 2.24) is 19.4 Å². The molecule has 3 heterocycles. The zero-order valence-corrected chi connectivity index (χ0v) is 12.5. The van der Waals surface area contributed by atoms with Crippen LogP contribution in [0.1, 0.15) is 48.6 Å². The van der Waals surface area contributed by atoms with Gasteiger partial charge in [-0.2, -0.15) is 4.98 Å². The highest BCUT2D eigenvalue weighted by atomic mass is 35.5. The van der Waals surface area contributed by atoms with E-state index in [1.165, 1.54) is 12.8 Å². The summed E-state index contributed by atoms with van der Waals surface area (Å²) in [7, 11) is 0. The number of fused-ring (bicyclic) bond motifs is 1. The first-order valence-corrected chi connectivity index (χ1v) is 7.94. The second-order valence-electron chi connectivity index (χ2n) is 5.90. The molecule has 4 rings (SSSR count). The number of nitrogens with zero attached hydrogens (tertiary/aromatic N) is 4. The van der Waals surface area contributed by atoms with Gasteiger partial charge >= 0.3 is 0 Å². The lowest BCUT2D eigenvalue weighted by molar-refractivity contribution is 0.0638. The molecule has 2 aliphatic rings. The third-order valence-corrected chi connectivity index (χ3v) is 4.78. The van der Waals surface area contributed by atoms with Gasteiger partial charge in [-0.15, -0.1) is 0 Å². The van der Waals surface area contributed by atoms with Crippen LogP contribution in [0.25, 0.3) is 11.0 Å². The maximum Gasteiger partial charge on any atom is 0.270 e. The highest BCUT2D eigenvalue weighted by Gasteiger charge is 2.29. The number of carbonyl (C=O) groups excluding carboxylic acids is 1. The van der Waals surface area contributed by atoms with Crippen LogP contribution in [-0.2, 0) is 0 Å². The summed E-state index contributed by atoms with van der Waals surface area (Å²) < 4.78 is 2.11. The molecule has 0 unspecified atom stereocenters. The van der Waals surface area contributed by atoms with Gasteiger partial charge < -0.3 is 9.47 Å². The molecule has 1 aliphatic carbocycles. The lowest BCUT2D eigenvalue weighted by Gasteiger charge is -2.31. The zero-order valence-electron chi connectivity index (χ0n) is 11.8. The Morgan fingerprint density at radius 1 is 1.24 bits per heavy atom. The topological polar surface area (TPSA) is 51.0 Å². The van der Waals surface area contributed by atoms with Crippen LogP contribution < -0.4 is 0 Å². The van der Waals surface area contributed by atoms with Gasteiger partial charge in [0.15, 0.2) is 0 Å². The molecule has 1 amide bonds. The van der Waals surface area contributed by atoms with E-state index in [-0.39, 0.29) is 11.2 Å². The molecule has 0 N–H and O–H groups in total. The summed E-state index contributed by atoms with van der Waals surface area (Å²) in [6, 6.07) is 2.28. The predicted octanol–water partition coefficient (Wildman–Crippen LogP) is 3.05. The van der Waals surface area contributed by atoms with Gasteiger partial charge in [0.1, 0.15) is 11.3 Å². The van der Waals surface area contributed by atoms with Crippen molar-refractivity contribution in [2.75, 3.05) is 13.1 Å². The second-order valence-corrected chi connectivity index (χ2v) is 6.24. The van der Waals surface area contributed by atoms with E-state index in [9.17, 15) is 4.79 Å². The number of likely N-dealkylation sites (tertiary alicyclic amines) is 1. The number of hydrogen-bond donors (Lipinski definition) is 0. The maximum atomic E-state index is 12.7. The number of halogens is 1. The molecule has 0 atom stereocenters. The van der Waals surface area contributed by atoms with Gasteiger partial charge in [0, 0.05) is 30.7 Å². The Morgan fingerprint density at radius 2 is 2.00 bits per heavy atom. The van der Waals surface area contributed by atoms with Crippen molar-refractivity contribution in [1.29, 1.82) is 0 Å². The Labute approximate surface area is 127 Å². The molecule has 5 nitrogen and oxygen atoms in total. The molecular weight excluding hydrogens is 288 g/mol. The van der Waals surface area contributed by atoms with E-state index in [1.807, 2.05) is 11.0 Å². The van der Waals surface area contributed by atoms with E-state index >= 15 is 0 Å². The molecule has 1 saturated heterocycles. The molecule has 0 radical (unpaired) electrons. The van der Waals surface area contributed by atoms with Gasteiger partial charge in [-0.05, 0) is 36.9 Å². The predicted molar refractivity (Wildman–Crippen MR) is 80.6 cm³/mol. The van der Waals surface area contributed by atoms with Crippen LogP contribution in [0, 0.1) is 0 Å². The number of aromatic nitrogens is 3. The second kappa shape index (κ2) is 4.98. The van der Waals surface area contributed by atoms with Gasteiger partial charge in [-0.25, -0.2) is 4.98 Å². The van der Waals surface area contributed by atoms with Gasteiger partial charge in [0.2, 0.25) is 5.28 Å². The number of amides is 1. The monoisotopic (exact) mass is 304 g/mol. The maximum absolute atomic E-state index is 12.7. The summed E-state index contributed by atoms with van der Waals surface area (Å²) in [5.74, 6) is 0.113. The summed E-state index contributed by atoms with van der Waals surface area (Å²) in [6.07, 6.45) is 7.43.